The highest BCUT2D eigenvalue weighted by Gasteiger charge is 2.23. The fourth-order valence-electron chi connectivity index (χ4n) is 2.57. The quantitative estimate of drug-likeness (QED) is 0.918. The first kappa shape index (κ1) is 15.3. The van der Waals surface area contributed by atoms with E-state index in [9.17, 15) is 4.79 Å². The number of benzene rings is 1. The summed E-state index contributed by atoms with van der Waals surface area (Å²) in [6, 6.07) is 9.93. The third-order valence-electron chi connectivity index (χ3n) is 3.89. The van der Waals surface area contributed by atoms with Gasteiger partial charge in [-0.15, -0.1) is 0 Å². The van der Waals surface area contributed by atoms with E-state index in [-0.39, 0.29) is 12.1 Å². The van der Waals surface area contributed by atoms with E-state index in [0.717, 1.165) is 29.2 Å². The summed E-state index contributed by atoms with van der Waals surface area (Å²) in [4.78, 5) is 21.8. The summed E-state index contributed by atoms with van der Waals surface area (Å²) in [7, 11) is 0. The zero-order valence-electron chi connectivity index (χ0n) is 13.3. The molecule has 1 fully saturated rings. The molecule has 0 spiro atoms. The Labute approximate surface area is 135 Å². The molecule has 0 radical (unpaired) electrons. The van der Waals surface area contributed by atoms with E-state index in [1.807, 2.05) is 30.3 Å². The molecule has 1 N–H and O–H groups in total. The number of anilines is 2. The minimum absolute atomic E-state index is 0.0631. The fraction of sp³-hybridized carbons (Fsp3) is 0.353. The van der Waals surface area contributed by atoms with Crippen LogP contribution in [0.15, 0.2) is 36.7 Å². The first-order valence-corrected chi connectivity index (χ1v) is 7.79. The van der Waals surface area contributed by atoms with Crippen molar-refractivity contribution in [2.75, 3.05) is 23.4 Å². The Morgan fingerprint density at radius 2 is 2.22 bits per heavy atom. The molecule has 1 aliphatic heterocycles. The zero-order chi connectivity index (χ0) is 16.2. The van der Waals surface area contributed by atoms with E-state index in [4.69, 9.17) is 4.74 Å². The van der Waals surface area contributed by atoms with Gasteiger partial charge in [-0.2, -0.15) is 0 Å². The summed E-state index contributed by atoms with van der Waals surface area (Å²) in [5, 5.41) is 3.38. The molecular formula is C17H20N4O2. The Hall–Kier alpha value is -2.63. The predicted octanol–water partition coefficient (Wildman–Crippen LogP) is 3.17. The number of cyclic esters (lactones) is 1. The molecule has 120 valence electrons. The van der Waals surface area contributed by atoms with Gasteiger partial charge in [0.25, 0.3) is 0 Å². The Balaban J connectivity index is 1.76. The van der Waals surface area contributed by atoms with Gasteiger partial charge in [-0.25, -0.2) is 14.8 Å². The lowest BCUT2D eigenvalue weighted by atomic mass is 10.1. The maximum Gasteiger partial charge on any atom is 0.414 e. The number of nitrogens with zero attached hydrogens (tertiary/aromatic N) is 3. The number of hydrogen-bond donors (Lipinski definition) is 1. The van der Waals surface area contributed by atoms with Crippen LogP contribution in [0.4, 0.5) is 16.3 Å². The highest BCUT2D eigenvalue weighted by atomic mass is 16.6. The van der Waals surface area contributed by atoms with Gasteiger partial charge in [0.05, 0.1) is 12.6 Å². The number of carbonyl (C=O) groups is 1. The highest BCUT2D eigenvalue weighted by Crippen LogP contribution is 2.25. The van der Waals surface area contributed by atoms with Gasteiger partial charge in [0.1, 0.15) is 18.8 Å². The van der Waals surface area contributed by atoms with Gasteiger partial charge in [-0.05, 0) is 31.0 Å². The standard InChI is InChI=1S/C17H20N4O2/c1-3-14-10-16(19-11-18-14)20-12(2)13-5-4-6-15(9-13)21-7-8-23-17(21)22/h4-6,9-12H,3,7-8H2,1-2H3,(H,18,19,20)/t12-/m0/s1. The lowest BCUT2D eigenvalue weighted by molar-refractivity contribution is 0.181. The van der Waals surface area contributed by atoms with Gasteiger partial charge in [0, 0.05) is 17.4 Å². The van der Waals surface area contributed by atoms with Crippen LogP contribution < -0.4 is 10.2 Å². The van der Waals surface area contributed by atoms with Crippen LogP contribution in [0.5, 0.6) is 0 Å². The molecule has 0 saturated carbocycles. The first-order chi connectivity index (χ1) is 11.2. The van der Waals surface area contributed by atoms with Crippen molar-refractivity contribution in [3.05, 3.63) is 47.9 Å². The monoisotopic (exact) mass is 312 g/mol. The van der Waals surface area contributed by atoms with E-state index in [2.05, 4.69) is 29.1 Å². The lowest BCUT2D eigenvalue weighted by Gasteiger charge is -2.18. The van der Waals surface area contributed by atoms with Crippen LogP contribution in [0.1, 0.15) is 31.1 Å². The van der Waals surface area contributed by atoms with E-state index >= 15 is 0 Å². The van der Waals surface area contributed by atoms with Crippen molar-refractivity contribution < 1.29 is 9.53 Å². The van der Waals surface area contributed by atoms with Gasteiger partial charge in [-0.1, -0.05) is 19.1 Å². The molecule has 6 nitrogen and oxygen atoms in total. The molecule has 2 heterocycles. The second-order valence-electron chi connectivity index (χ2n) is 5.48. The van der Waals surface area contributed by atoms with Crippen molar-refractivity contribution in [3.8, 4) is 0 Å². The summed E-state index contributed by atoms with van der Waals surface area (Å²) in [5.41, 5.74) is 2.94. The van der Waals surface area contributed by atoms with Crippen LogP contribution >= 0.6 is 0 Å². The van der Waals surface area contributed by atoms with Crippen LogP contribution in [0, 0.1) is 0 Å². The molecule has 1 aliphatic rings. The number of nitrogens with one attached hydrogen (secondary N) is 1. The second kappa shape index (κ2) is 6.64. The molecule has 0 unspecified atom stereocenters. The average Bonchev–Trinajstić information content (AvgIpc) is 3.01. The Morgan fingerprint density at radius 1 is 1.35 bits per heavy atom. The number of rotatable bonds is 5. The van der Waals surface area contributed by atoms with Crippen molar-refractivity contribution >= 4 is 17.6 Å². The summed E-state index contributed by atoms with van der Waals surface area (Å²) in [5.74, 6) is 0.801. The summed E-state index contributed by atoms with van der Waals surface area (Å²) in [6.07, 6.45) is 2.16. The summed E-state index contributed by atoms with van der Waals surface area (Å²) in [6.45, 7) is 5.16. The van der Waals surface area contributed by atoms with Crippen LogP contribution in [0.3, 0.4) is 0 Å². The maximum atomic E-state index is 11.7. The maximum absolute atomic E-state index is 11.7. The molecule has 0 aliphatic carbocycles. The molecular weight excluding hydrogens is 292 g/mol. The Kier molecular flexibility index (Phi) is 4.41. The highest BCUT2D eigenvalue weighted by molar-refractivity contribution is 5.89. The lowest BCUT2D eigenvalue weighted by Crippen LogP contribution is -2.23. The molecule has 3 rings (SSSR count). The first-order valence-electron chi connectivity index (χ1n) is 7.79. The zero-order valence-corrected chi connectivity index (χ0v) is 13.3. The average molecular weight is 312 g/mol. The van der Waals surface area contributed by atoms with Gasteiger partial charge < -0.3 is 10.1 Å². The van der Waals surface area contributed by atoms with Crippen molar-refractivity contribution in [1.29, 1.82) is 0 Å². The normalized spacial score (nSPS) is 15.4. The SMILES string of the molecule is CCc1cc(N[C@@H](C)c2cccc(N3CCOC3=O)c2)ncn1. The molecule has 1 saturated heterocycles. The van der Waals surface area contributed by atoms with E-state index in [1.165, 1.54) is 0 Å². The van der Waals surface area contributed by atoms with Crippen LogP contribution in [-0.2, 0) is 11.2 Å². The van der Waals surface area contributed by atoms with Crippen molar-refractivity contribution in [2.45, 2.75) is 26.3 Å². The van der Waals surface area contributed by atoms with E-state index < -0.39 is 0 Å². The molecule has 2 aromatic rings. The van der Waals surface area contributed by atoms with Crippen LogP contribution in [0.2, 0.25) is 0 Å². The van der Waals surface area contributed by atoms with E-state index in [1.54, 1.807) is 11.2 Å². The minimum Gasteiger partial charge on any atom is -0.447 e. The molecule has 1 aromatic heterocycles. The molecule has 1 aromatic carbocycles. The number of aryl methyl sites for hydroxylation is 1. The number of amides is 1. The van der Waals surface area contributed by atoms with Crippen molar-refractivity contribution in [2.24, 2.45) is 0 Å². The number of aromatic nitrogens is 2. The van der Waals surface area contributed by atoms with Crippen molar-refractivity contribution in [3.63, 3.8) is 0 Å². The van der Waals surface area contributed by atoms with Gasteiger partial charge in [0.2, 0.25) is 0 Å². The fourth-order valence-corrected chi connectivity index (χ4v) is 2.57. The molecule has 6 heteroatoms. The Bertz CT molecular complexity index is 704. The number of carbonyl (C=O) groups excluding carboxylic acids is 1. The summed E-state index contributed by atoms with van der Waals surface area (Å²) >= 11 is 0. The Morgan fingerprint density at radius 3 is 2.96 bits per heavy atom. The van der Waals surface area contributed by atoms with Gasteiger partial charge in [0.15, 0.2) is 0 Å². The molecule has 0 bridgehead atoms. The van der Waals surface area contributed by atoms with Gasteiger partial charge in [-0.3, -0.25) is 4.90 Å². The van der Waals surface area contributed by atoms with Crippen molar-refractivity contribution in [1.82, 2.24) is 9.97 Å². The molecule has 1 amide bonds. The molecule has 1 atom stereocenters. The van der Waals surface area contributed by atoms with Crippen LogP contribution in [-0.4, -0.2) is 29.2 Å². The smallest absolute Gasteiger partial charge is 0.414 e. The predicted molar refractivity (Wildman–Crippen MR) is 88.6 cm³/mol. The number of hydrogen-bond acceptors (Lipinski definition) is 5. The number of ether oxygens (including phenoxy) is 1. The van der Waals surface area contributed by atoms with Gasteiger partial charge >= 0.3 is 6.09 Å². The van der Waals surface area contributed by atoms with Crippen LogP contribution in [0.25, 0.3) is 0 Å². The topological polar surface area (TPSA) is 67.3 Å². The largest absolute Gasteiger partial charge is 0.447 e. The second-order valence-corrected chi connectivity index (χ2v) is 5.48. The molecule has 23 heavy (non-hydrogen) atoms. The summed E-state index contributed by atoms with van der Waals surface area (Å²) < 4.78 is 5.00. The minimum atomic E-state index is -0.286. The third kappa shape index (κ3) is 3.41. The van der Waals surface area contributed by atoms with E-state index in [0.29, 0.717) is 13.2 Å². The third-order valence-corrected chi connectivity index (χ3v) is 3.89.